The first-order valence-electron chi connectivity index (χ1n) is 7.37. The van der Waals surface area contributed by atoms with E-state index in [1.54, 1.807) is 0 Å². The number of carboxylic acids is 1. The van der Waals surface area contributed by atoms with Crippen LogP contribution in [0.15, 0.2) is 0 Å². The molecule has 1 fully saturated rings. The second-order valence-corrected chi connectivity index (χ2v) is 6.80. The number of hydrogen-bond donors (Lipinski definition) is 2. The van der Waals surface area contributed by atoms with Crippen molar-refractivity contribution in [2.24, 2.45) is 17.3 Å². The lowest BCUT2D eigenvalue weighted by Gasteiger charge is -2.46. The van der Waals surface area contributed by atoms with Crippen molar-refractivity contribution in [1.29, 1.82) is 0 Å². The van der Waals surface area contributed by atoms with Crippen LogP contribution in [-0.2, 0) is 4.79 Å². The largest absolute Gasteiger partial charge is 0.481 e. The van der Waals surface area contributed by atoms with Gasteiger partial charge in [0, 0.05) is 6.04 Å². The molecule has 1 aliphatic rings. The van der Waals surface area contributed by atoms with E-state index in [2.05, 4.69) is 45.1 Å². The number of aliphatic carboxylic acids is 1. The number of rotatable bonds is 6. The molecule has 19 heavy (non-hydrogen) atoms. The molecule has 4 nitrogen and oxygen atoms in total. The van der Waals surface area contributed by atoms with E-state index in [0.29, 0.717) is 12.0 Å². The zero-order valence-corrected chi connectivity index (χ0v) is 13.1. The Morgan fingerprint density at radius 1 is 1.37 bits per heavy atom. The second-order valence-electron chi connectivity index (χ2n) is 6.80. The van der Waals surface area contributed by atoms with Crippen molar-refractivity contribution < 1.29 is 9.90 Å². The summed E-state index contributed by atoms with van der Waals surface area (Å²) in [6.07, 6.45) is 2.90. The molecule has 0 bridgehead atoms. The highest BCUT2D eigenvalue weighted by Crippen LogP contribution is 2.44. The van der Waals surface area contributed by atoms with Crippen molar-refractivity contribution in [2.45, 2.75) is 46.1 Å². The molecule has 0 aromatic heterocycles. The van der Waals surface area contributed by atoms with Gasteiger partial charge in [0.15, 0.2) is 0 Å². The fraction of sp³-hybridized carbons (Fsp3) is 0.933. The van der Waals surface area contributed by atoms with Crippen molar-refractivity contribution in [3.8, 4) is 0 Å². The Morgan fingerprint density at radius 3 is 2.53 bits per heavy atom. The van der Waals surface area contributed by atoms with Crippen LogP contribution >= 0.6 is 0 Å². The minimum Gasteiger partial charge on any atom is -0.481 e. The number of nitrogens with zero attached hydrogens (tertiary/aromatic N) is 1. The number of nitrogens with one attached hydrogen (secondary N) is 1. The molecule has 0 amide bonds. The lowest BCUT2D eigenvalue weighted by molar-refractivity contribution is -0.150. The van der Waals surface area contributed by atoms with Crippen LogP contribution in [0.2, 0.25) is 0 Å². The predicted molar refractivity (Wildman–Crippen MR) is 78.3 cm³/mol. The third-order valence-electron chi connectivity index (χ3n) is 4.93. The Labute approximate surface area is 117 Å². The molecule has 0 heterocycles. The summed E-state index contributed by atoms with van der Waals surface area (Å²) in [6.45, 7) is 8.50. The number of hydrogen-bond acceptors (Lipinski definition) is 3. The molecular formula is C15H30N2O2. The molecule has 0 aliphatic heterocycles. The van der Waals surface area contributed by atoms with Gasteiger partial charge in [0.2, 0.25) is 0 Å². The summed E-state index contributed by atoms with van der Waals surface area (Å²) in [5.74, 6) is -0.452. The molecule has 2 N–H and O–H groups in total. The molecule has 1 rings (SSSR count). The van der Waals surface area contributed by atoms with Gasteiger partial charge in [-0.15, -0.1) is 0 Å². The average molecular weight is 270 g/mol. The molecule has 0 aromatic carbocycles. The van der Waals surface area contributed by atoms with Crippen molar-refractivity contribution in [1.82, 2.24) is 10.2 Å². The van der Waals surface area contributed by atoms with Crippen LogP contribution in [0.3, 0.4) is 0 Å². The van der Waals surface area contributed by atoms with E-state index in [1.165, 1.54) is 0 Å². The quantitative estimate of drug-likeness (QED) is 0.725. The van der Waals surface area contributed by atoms with Gasteiger partial charge in [-0.25, -0.2) is 0 Å². The van der Waals surface area contributed by atoms with E-state index in [0.717, 1.165) is 32.4 Å². The maximum absolute atomic E-state index is 11.3. The van der Waals surface area contributed by atoms with Crippen LogP contribution in [0.4, 0.5) is 0 Å². The third kappa shape index (κ3) is 4.18. The summed E-state index contributed by atoms with van der Waals surface area (Å²) in [5, 5.41) is 12.9. The Morgan fingerprint density at radius 2 is 2.00 bits per heavy atom. The molecule has 3 unspecified atom stereocenters. The fourth-order valence-corrected chi connectivity index (χ4v) is 3.21. The minimum atomic E-state index is -0.636. The molecule has 3 atom stereocenters. The van der Waals surface area contributed by atoms with Crippen molar-refractivity contribution >= 4 is 5.97 Å². The third-order valence-corrected chi connectivity index (χ3v) is 4.93. The molecular weight excluding hydrogens is 240 g/mol. The highest BCUT2D eigenvalue weighted by atomic mass is 16.4. The molecule has 0 saturated heterocycles. The van der Waals surface area contributed by atoms with E-state index in [1.807, 2.05) is 0 Å². The van der Waals surface area contributed by atoms with Crippen molar-refractivity contribution in [3.05, 3.63) is 0 Å². The van der Waals surface area contributed by atoms with E-state index in [-0.39, 0.29) is 11.3 Å². The molecule has 0 radical (unpaired) electrons. The van der Waals surface area contributed by atoms with Crippen LogP contribution < -0.4 is 5.32 Å². The van der Waals surface area contributed by atoms with Crippen LogP contribution in [0.25, 0.3) is 0 Å². The lowest BCUT2D eigenvalue weighted by atomic mass is 9.61. The summed E-state index contributed by atoms with van der Waals surface area (Å²) in [6, 6.07) is 0.452. The lowest BCUT2D eigenvalue weighted by Crippen LogP contribution is -2.51. The van der Waals surface area contributed by atoms with Gasteiger partial charge in [0.05, 0.1) is 5.92 Å². The van der Waals surface area contributed by atoms with Crippen molar-refractivity contribution in [2.75, 3.05) is 27.2 Å². The van der Waals surface area contributed by atoms with E-state index >= 15 is 0 Å². The van der Waals surface area contributed by atoms with Crippen LogP contribution in [0, 0.1) is 17.3 Å². The fourth-order valence-electron chi connectivity index (χ4n) is 3.21. The molecule has 0 aromatic rings. The van der Waals surface area contributed by atoms with E-state index in [4.69, 9.17) is 0 Å². The number of carboxylic acid groups (broad SMARTS) is 1. The normalized spacial score (nSPS) is 30.5. The van der Waals surface area contributed by atoms with Gasteiger partial charge in [-0.2, -0.15) is 0 Å². The summed E-state index contributed by atoms with van der Waals surface area (Å²) in [5.41, 5.74) is -0.136. The van der Waals surface area contributed by atoms with Crippen LogP contribution in [0.1, 0.15) is 40.0 Å². The first-order valence-corrected chi connectivity index (χ1v) is 7.37. The molecule has 0 spiro atoms. The Bertz CT molecular complexity index is 303. The monoisotopic (exact) mass is 270 g/mol. The molecule has 112 valence electrons. The van der Waals surface area contributed by atoms with Gasteiger partial charge in [-0.05, 0) is 57.8 Å². The van der Waals surface area contributed by atoms with Gasteiger partial charge >= 0.3 is 5.97 Å². The predicted octanol–water partition coefficient (Wildman–Crippen LogP) is 2.05. The maximum atomic E-state index is 11.3. The van der Waals surface area contributed by atoms with Gasteiger partial charge in [-0.1, -0.05) is 20.8 Å². The van der Waals surface area contributed by atoms with Crippen LogP contribution in [0.5, 0.6) is 0 Å². The first-order chi connectivity index (χ1) is 8.76. The van der Waals surface area contributed by atoms with Gasteiger partial charge < -0.3 is 15.3 Å². The summed E-state index contributed by atoms with van der Waals surface area (Å²) >= 11 is 0. The highest BCUT2D eigenvalue weighted by Gasteiger charge is 2.45. The topological polar surface area (TPSA) is 52.6 Å². The zero-order chi connectivity index (χ0) is 14.6. The summed E-state index contributed by atoms with van der Waals surface area (Å²) in [4.78, 5) is 13.5. The van der Waals surface area contributed by atoms with Gasteiger partial charge in [-0.3, -0.25) is 4.79 Å². The maximum Gasteiger partial charge on any atom is 0.307 e. The van der Waals surface area contributed by atoms with Crippen LogP contribution in [-0.4, -0.2) is 49.2 Å². The van der Waals surface area contributed by atoms with E-state index in [9.17, 15) is 9.90 Å². The minimum absolute atomic E-state index is 0.136. The second kappa shape index (κ2) is 6.71. The summed E-state index contributed by atoms with van der Waals surface area (Å²) in [7, 11) is 4.17. The van der Waals surface area contributed by atoms with Gasteiger partial charge in [0.25, 0.3) is 0 Å². The Kier molecular flexibility index (Phi) is 5.81. The molecule has 1 saturated carbocycles. The summed E-state index contributed by atoms with van der Waals surface area (Å²) < 4.78 is 0. The highest BCUT2D eigenvalue weighted by molar-refractivity contribution is 5.71. The van der Waals surface area contributed by atoms with Crippen molar-refractivity contribution in [3.63, 3.8) is 0 Å². The molecule has 1 aliphatic carbocycles. The Balaban J connectivity index is 2.48. The molecule has 4 heteroatoms. The van der Waals surface area contributed by atoms with Gasteiger partial charge in [0.1, 0.15) is 0 Å². The standard InChI is InChI=1S/C15H30N2O2/c1-11-13(16-9-6-10-17(4)5)8-7-12(14(18)19)15(11,2)3/h11-13,16H,6-10H2,1-5H3,(H,18,19). The smallest absolute Gasteiger partial charge is 0.307 e. The zero-order valence-electron chi connectivity index (χ0n) is 13.1. The van der Waals surface area contributed by atoms with E-state index < -0.39 is 5.97 Å². The Hall–Kier alpha value is -0.610. The first kappa shape index (κ1) is 16.4. The number of carbonyl (C=O) groups is 1. The average Bonchev–Trinajstić information content (AvgIpc) is 2.28. The SMILES string of the molecule is CC1C(NCCCN(C)C)CCC(C(=O)O)C1(C)C.